The monoisotopic (exact) mass is 269 g/mol. The van der Waals surface area contributed by atoms with Crippen molar-refractivity contribution in [3.8, 4) is 0 Å². The van der Waals surface area contributed by atoms with Crippen molar-refractivity contribution in [3.05, 3.63) is 48.0 Å². The van der Waals surface area contributed by atoms with Crippen molar-refractivity contribution < 1.29 is 9.53 Å². The van der Waals surface area contributed by atoms with Gasteiger partial charge in [-0.05, 0) is 29.2 Å². The molecular weight excluding hydrogens is 250 g/mol. The lowest BCUT2D eigenvalue weighted by Gasteiger charge is -2.30. The molecular formula is C17H19NO2. The predicted octanol–water partition coefficient (Wildman–Crippen LogP) is 3.20. The summed E-state index contributed by atoms with van der Waals surface area (Å²) in [6.45, 7) is 2.27. The van der Waals surface area contributed by atoms with E-state index >= 15 is 0 Å². The number of carbonyl (C=O) groups is 1. The Bertz CT molecular complexity index is 618. The summed E-state index contributed by atoms with van der Waals surface area (Å²) >= 11 is 0. The van der Waals surface area contributed by atoms with Gasteiger partial charge in [0.05, 0.1) is 6.10 Å². The van der Waals surface area contributed by atoms with Crippen LogP contribution in [0, 0.1) is 0 Å². The molecule has 1 saturated heterocycles. The molecule has 1 aliphatic heterocycles. The molecule has 2 aromatic rings. The molecule has 1 aliphatic rings. The van der Waals surface area contributed by atoms with Gasteiger partial charge in [-0.3, -0.25) is 4.79 Å². The Morgan fingerprint density at radius 3 is 2.85 bits per heavy atom. The Morgan fingerprint density at radius 1 is 1.20 bits per heavy atom. The molecule has 0 spiro atoms. The standard InChI is InChI=1S/C17H19NO2/c1-12(19)18-14-9-10-20-17(11-14)16-8-4-6-13-5-2-3-7-15(13)16/h2-8,14,17H,9-11H2,1H3,(H,18,19). The van der Waals surface area contributed by atoms with Crippen LogP contribution in [0.25, 0.3) is 10.8 Å². The van der Waals surface area contributed by atoms with Crippen molar-refractivity contribution in [1.29, 1.82) is 0 Å². The highest BCUT2D eigenvalue weighted by molar-refractivity contribution is 5.86. The molecule has 104 valence electrons. The molecule has 1 heterocycles. The van der Waals surface area contributed by atoms with E-state index in [9.17, 15) is 4.79 Å². The van der Waals surface area contributed by atoms with Gasteiger partial charge in [-0.15, -0.1) is 0 Å². The number of rotatable bonds is 2. The maximum Gasteiger partial charge on any atom is 0.217 e. The smallest absolute Gasteiger partial charge is 0.217 e. The van der Waals surface area contributed by atoms with Crippen molar-refractivity contribution in [1.82, 2.24) is 5.32 Å². The van der Waals surface area contributed by atoms with Crippen LogP contribution in [-0.2, 0) is 9.53 Å². The quantitative estimate of drug-likeness (QED) is 0.909. The van der Waals surface area contributed by atoms with Crippen LogP contribution >= 0.6 is 0 Å². The zero-order valence-electron chi connectivity index (χ0n) is 11.6. The SMILES string of the molecule is CC(=O)NC1CCOC(c2cccc3ccccc23)C1. The van der Waals surface area contributed by atoms with E-state index in [0.717, 1.165) is 12.8 Å². The second-order valence-electron chi connectivity index (χ2n) is 5.35. The van der Waals surface area contributed by atoms with Crippen molar-refractivity contribution >= 4 is 16.7 Å². The zero-order chi connectivity index (χ0) is 13.9. The first-order valence-electron chi connectivity index (χ1n) is 7.10. The fraction of sp³-hybridized carbons (Fsp3) is 0.353. The minimum absolute atomic E-state index is 0.0357. The third-order valence-electron chi connectivity index (χ3n) is 3.86. The summed E-state index contributed by atoms with van der Waals surface area (Å²) < 4.78 is 5.93. The second-order valence-corrected chi connectivity index (χ2v) is 5.35. The molecule has 2 aromatic carbocycles. The van der Waals surface area contributed by atoms with Gasteiger partial charge >= 0.3 is 0 Å². The van der Waals surface area contributed by atoms with Gasteiger partial charge in [0.15, 0.2) is 0 Å². The lowest BCUT2D eigenvalue weighted by molar-refractivity contribution is -0.120. The molecule has 2 unspecified atom stereocenters. The first-order chi connectivity index (χ1) is 9.74. The Hall–Kier alpha value is -1.87. The lowest BCUT2D eigenvalue weighted by Crippen LogP contribution is -2.38. The van der Waals surface area contributed by atoms with Gasteiger partial charge in [0.2, 0.25) is 5.91 Å². The molecule has 0 bridgehead atoms. The maximum absolute atomic E-state index is 11.2. The average Bonchev–Trinajstić information content (AvgIpc) is 2.46. The number of hydrogen-bond acceptors (Lipinski definition) is 2. The number of amides is 1. The molecule has 2 atom stereocenters. The van der Waals surface area contributed by atoms with Crippen LogP contribution < -0.4 is 5.32 Å². The van der Waals surface area contributed by atoms with E-state index in [0.29, 0.717) is 6.61 Å². The molecule has 0 aromatic heterocycles. The first kappa shape index (κ1) is 13.1. The number of hydrogen-bond donors (Lipinski definition) is 1. The lowest BCUT2D eigenvalue weighted by atomic mass is 9.93. The average molecular weight is 269 g/mol. The number of nitrogens with one attached hydrogen (secondary N) is 1. The molecule has 1 N–H and O–H groups in total. The molecule has 0 radical (unpaired) electrons. The summed E-state index contributed by atoms with van der Waals surface area (Å²) in [4.78, 5) is 11.2. The maximum atomic E-state index is 11.2. The highest BCUT2D eigenvalue weighted by atomic mass is 16.5. The van der Waals surface area contributed by atoms with E-state index in [4.69, 9.17) is 4.74 Å². The third-order valence-corrected chi connectivity index (χ3v) is 3.86. The highest BCUT2D eigenvalue weighted by Gasteiger charge is 2.25. The highest BCUT2D eigenvalue weighted by Crippen LogP contribution is 2.32. The van der Waals surface area contributed by atoms with Gasteiger partial charge < -0.3 is 10.1 Å². The number of ether oxygens (including phenoxy) is 1. The summed E-state index contributed by atoms with van der Waals surface area (Å²) in [5, 5.41) is 5.48. The van der Waals surface area contributed by atoms with Crippen LogP contribution in [0.15, 0.2) is 42.5 Å². The second kappa shape index (κ2) is 5.63. The molecule has 0 saturated carbocycles. The summed E-state index contributed by atoms with van der Waals surface area (Å²) in [7, 11) is 0. The third kappa shape index (κ3) is 2.68. The Kier molecular flexibility index (Phi) is 3.70. The van der Waals surface area contributed by atoms with E-state index in [1.807, 2.05) is 6.07 Å². The zero-order valence-corrected chi connectivity index (χ0v) is 11.6. The van der Waals surface area contributed by atoms with Gasteiger partial charge in [0.25, 0.3) is 0 Å². The Morgan fingerprint density at radius 2 is 2.00 bits per heavy atom. The van der Waals surface area contributed by atoms with E-state index < -0.39 is 0 Å². The Balaban J connectivity index is 1.88. The molecule has 1 amide bonds. The topological polar surface area (TPSA) is 38.3 Å². The fourth-order valence-corrected chi connectivity index (χ4v) is 2.96. The largest absolute Gasteiger partial charge is 0.373 e. The van der Waals surface area contributed by atoms with Crippen molar-refractivity contribution in [2.75, 3.05) is 6.61 Å². The first-order valence-corrected chi connectivity index (χ1v) is 7.10. The summed E-state index contributed by atoms with van der Waals surface area (Å²) in [6.07, 6.45) is 1.79. The van der Waals surface area contributed by atoms with Crippen LogP contribution in [0.1, 0.15) is 31.4 Å². The van der Waals surface area contributed by atoms with Crippen LogP contribution in [0.2, 0.25) is 0 Å². The summed E-state index contributed by atoms with van der Waals surface area (Å²) in [5.41, 5.74) is 1.22. The van der Waals surface area contributed by atoms with E-state index in [1.165, 1.54) is 16.3 Å². The van der Waals surface area contributed by atoms with Crippen molar-refractivity contribution in [2.45, 2.75) is 31.9 Å². The van der Waals surface area contributed by atoms with Gasteiger partial charge in [-0.2, -0.15) is 0 Å². The van der Waals surface area contributed by atoms with E-state index in [1.54, 1.807) is 6.92 Å². The van der Waals surface area contributed by atoms with E-state index in [2.05, 4.69) is 41.7 Å². The minimum atomic E-state index is 0.0357. The van der Waals surface area contributed by atoms with Crippen LogP contribution in [0.5, 0.6) is 0 Å². The fourth-order valence-electron chi connectivity index (χ4n) is 2.96. The number of benzene rings is 2. The molecule has 1 fully saturated rings. The van der Waals surface area contributed by atoms with Gasteiger partial charge in [-0.25, -0.2) is 0 Å². The molecule has 3 heteroatoms. The van der Waals surface area contributed by atoms with E-state index in [-0.39, 0.29) is 18.1 Å². The molecule has 3 rings (SSSR count). The van der Waals surface area contributed by atoms with Crippen molar-refractivity contribution in [3.63, 3.8) is 0 Å². The van der Waals surface area contributed by atoms with Crippen LogP contribution in [-0.4, -0.2) is 18.6 Å². The van der Waals surface area contributed by atoms with Crippen LogP contribution in [0.4, 0.5) is 0 Å². The predicted molar refractivity (Wildman–Crippen MR) is 79.5 cm³/mol. The van der Waals surface area contributed by atoms with Crippen molar-refractivity contribution in [2.24, 2.45) is 0 Å². The van der Waals surface area contributed by atoms with Gasteiger partial charge in [-0.1, -0.05) is 42.5 Å². The summed E-state index contributed by atoms with van der Waals surface area (Å²) in [5.74, 6) is 0.0357. The number of fused-ring (bicyclic) bond motifs is 1. The number of carbonyl (C=O) groups excluding carboxylic acids is 1. The Labute approximate surface area is 118 Å². The molecule has 20 heavy (non-hydrogen) atoms. The summed E-state index contributed by atoms with van der Waals surface area (Å²) in [6, 6.07) is 14.9. The normalized spacial score (nSPS) is 22.6. The van der Waals surface area contributed by atoms with Gasteiger partial charge in [0.1, 0.15) is 0 Å². The van der Waals surface area contributed by atoms with Crippen LogP contribution in [0.3, 0.4) is 0 Å². The molecule has 0 aliphatic carbocycles. The molecule has 3 nitrogen and oxygen atoms in total. The van der Waals surface area contributed by atoms with Gasteiger partial charge in [0, 0.05) is 19.6 Å². The minimum Gasteiger partial charge on any atom is -0.373 e.